The van der Waals surface area contributed by atoms with E-state index in [1.165, 1.54) is 18.2 Å². The van der Waals surface area contributed by atoms with Crippen LogP contribution in [0.2, 0.25) is 0 Å². The Morgan fingerprint density at radius 2 is 1.46 bits per heavy atom. The highest BCUT2D eigenvalue weighted by molar-refractivity contribution is 8.25. The summed E-state index contributed by atoms with van der Waals surface area (Å²) in [7, 11) is -7.41. The predicted octanol–water partition coefficient (Wildman–Crippen LogP) is 4.80. The first kappa shape index (κ1) is 37.1. The first-order valence-corrected chi connectivity index (χ1v) is 18.7. The number of hydrogen-bond donors (Lipinski definition) is 7. The largest absolute Gasteiger partial charge is 0.744 e. The zero-order valence-corrected chi connectivity index (χ0v) is 28.7. The minimum absolute atomic E-state index is 0.0874. The van der Waals surface area contributed by atoms with Gasteiger partial charge >= 0.3 is 0 Å². The number of azo groups is 2. The smallest absolute Gasteiger partial charge is 0.152 e. The molecule has 274 valence electrons. The molecule has 0 saturated carbocycles. The molecule has 0 amide bonds. The highest BCUT2D eigenvalue weighted by Gasteiger charge is 2.36. The van der Waals surface area contributed by atoms with Crippen molar-refractivity contribution in [2.75, 3.05) is 24.7 Å². The van der Waals surface area contributed by atoms with Crippen molar-refractivity contribution in [2.45, 2.75) is 34.2 Å². The minimum atomic E-state index is -4.86. The van der Waals surface area contributed by atoms with Crippen molar-refractivity contribution in [3.8, 4) is 5.75 Å². The Kier molecular flexibility index (Phi) is 10.8. The van der Waals surface area contributed by atoms with E-state index < -0.39 is 56.6 Å². The number of benzene rings is 5. The Labute approximate surface area is 297 Å². The van der Waals surface area contributed by atoms with E-state index in [9.17, 15) is 38.5 Å². The summed E-state index contributed by atoms with van der Waals surface area (Å²) in [5.74, 6) is -0.366. The molecule has 5 aromatic carbocycles. The maximum absolute atomic E-state index is 12.0. The molecule has 1 aliphatic heterocycles. The minimum Gasteiger partial charge on any atom is -0.744 e. The van der Waals surface area contributed by atoms with Crippen molar-refractivity contribution in [3.63, 3.8) is 0 Å². The van der Waals surface area contributed by atoms with Gasteiger partial charge in [0.1, 0.15) is 28.4 Å². The van der Waals surface area contributed by atoms with E-state index in [4.69, 9.17) is 13.8 Å². The van der Waals surface area contributed by atoms with E-state index in [0.717, 1.165) is 12.1 Å². The molecule has 1 heterocycles. The molecule has 5 aromatic rings. The quantitative estimate of drug-likeness (QED) is 0.0484. The van der Waals surface area contributed by atoms with E-state index >= 15 is 0 Å². The van der Waals surface area contributed by atoms with Crippen LogP contribution in [0.5, 0.6) is 5.75 Å². The number of hydrogen-bond acceptors (Lipinski definition) is 17. The van der Waals surface area contributed by atoms with Crippen LogP contribution in [-0.4, -0.2) is 87.4 Å². The van der Waals surface area contributed by atoms with E-state index in [0.29, 0.717) is 27.8 Å². The molecule has 1 saturated heterocycles. The summed E-state index contributed by atoms with van der Waals surface area (Å²) in [5, 5.41) is 86.6. The summed E-state index contributed by atoms with van der Waals surface area (Å²) < 4.78 is 46.4. The highest BCUT2D eigenvalue weighted by Crippen LogP contribution is 2.66. The molecule has 0 bridgehead atoms. The summed E-state index contributed by atoms with van der Waals surface area (Å²) in [6.45, 7) is -1.11. The first-order chi connectivity index (χ1) is 24.8. The highest BCUT2D eigenvalue weighted by atomic mass is 32.3. The summed E-state index contributed by atoms with van der Waals surface area (Å²) in [6, 6.07) is 22.1. The van der Waals surface area contributed by atoms with Crippen LogP contribution in [0, 0.1) is 0 Å². The zero-order chi connectivity index (χ0) is 37.2. The molecule has 0 aromatic heterocycles. The lowest BCUT2D eigenvalue weighted by Crippen LogP contribution is -2.47. The predicted molar refractivity (Wildman–Crippen MR) is 187 cm³/mol. The third-order valence-corrected chi connectivity index (χ3v) is 10.7. The van der Waals surface area contributed by atoms with Gasteiger partial charge in [0.25, 0.3) is 0 Å². The molecule has 19 heteroatoms. The van der Waals surface area contributed by atoms with Gasteiger partial charge in [0.05, 0.1) is 39.6 Å². The van der Waals surface area contributed by atoms with Crippen LogP contribution >= 0.6 is 10.6 Å². The standard InChI is InChI=1S/C33H33N5O12S2/c1-51(49-48-50-51)29-13-18-7-8-20(34-16-27(40)32(43)33(44)28(41)17-39)14-23(18)31(42)30(29)38-37-26-12-11-25(36-35-19-5-3-2-4-6-19)22-10-9-21(15-24(22)26)52(45,46)47/h2-15,27-28,32-34,39-44H,16-17H2,1H3,(H,45,46,47)/p-1. The lowest BCUT2D eigenvalue weighted by Gasteiger charge is -2.41. The Balaban J connectivity index is 1.39. The van der Waals surface area contributed by atoms with Crippen LogP contribution in [0.3, 0.4) is 0 Å². The maximum atomic E-state index is 12.0. The molecular formula is C33H32N5O12S2-. The molecule has 1 fully saturated rings. The number of nitrogens with zero attached hydrogens (tertiary/aromatic N) is 4. The molecule has 0 spiro atoms. The van der Waals surface area contributed by atoms with Crippen molar-refractivity contribution in [1.82, 2.24) is 0 Å². The summed E-state index contributed by atoms with van der Waals surface area (Å²) in [6.07, 6.45) is -5.21. The van der Waals surface area contributed by atoms with Crippen LogP contribution in [0.25, 0.3) is 21.5 Å². The van der Waals surface area contributed by atoms with Crippen LogP contribution in [0.15, 0.2) is 115 Å². The van der Waals surface area contributed by atoms with Gasteiger partial charge in [-0.25, -0.2) is 8.42 Å². The second-order valence-electron chi connectivity index (χ2n) is 11.7. The number of rotatable bonds is 13. The molecule has 0 radical (unpaired) electrons. The van der Waals surface area contributed by atoms with Gasteiger partial charge < -0.3 is 40.5 Å². The molecule has 0 aliphatic carbocycles. The van der Waals surface area contributed by atoms with Crippen molar-refractivity contribution >= 4 is 70.7 Å². The number of aliphatic hydroxyl groups is 5. The van der Waals surface area contributed by atoms with Gasteiger partial charge in [-0.2, -0.15) is 5.11 Å². The average Bonchev–Trinajstić information content (AvgIpc) is 3.13. The van der Waals surface area contributed by atoms with Gasteiger partial charge in [-0.05, 0) is 65.0 Å². The molecule has 17 nitrogen and oxygen atoms in total. The van der Waals surface area contributed by atoms with Crippen LogP contribution < -0.4 is 5.32 Å². The van der Waals surface area contributed by atoms with E-state index in [-0.39, 0.29) is 39.3 Å². The fourth-order valence-electron chi connectivity index (χ4n) is 5.26. The molecular weight excluding hydrogens is 723 g/mol. The van der Waals surface area contributed by atoms with Crippen molar-refractivity contribution < 1.29 is 57.3 Å². The van der Waals surface area contributed by atoms with Crippen molar-refractivity contribution in [1.29, 1.82) is 0 Å². The van der Waals surface area contributed by atoms with Crippen LogP contribution in [0.4, 0.5) is 28.4 Å². The Hall–Kier alpha value is -4.64. The monoisotopic (exact) mass is 754 g/mol. The average molecular weight is 755 g/mol. The fourth-order valence-corrected chi connectivity index (χ4v) is 6.95. The lowest BCUT2D eigenvalue weighted by atomic mass is 10.0. The molecule has 4 atom stereocenters. The van der Waals surface area contributed by atoms with Gasteiger partial charge in [-0.15, -0.1) is 15.3 Å². The van der Waals surface area contributed by atoms with Gasteiger partial charge in [0.15, 0.2) is 11.4 Å². The van der Waals surface area contributed by atoms with Gasteiger partial charge in [0.2, 0.25) is 0 Å². The van der Waals surface area contributed by atoms with Crippen molar-refractivity contribution in [3.05, 3.63) is 84.9 Å². The number of phenolic OH excluding ortho intramolecular Hbond substituents is 1. The summed E-state index contributed by atoms with van der Waals surface area (Å²) in [4.78, 5) is -0.228. The Morgan fingerprint density at radius 3 is 2.12 bits per heavy atom. The van der Waals surface area contributed by atoms with Crippen LogP contribution in [-0.2, 0) is 23.8 Å². The summed E-state index contributed by atoms with van der Waals surface area (Å²) >= 11 is 0. The number of aliphatic hydroxyl groups excluding tert-OH is 5. The topological polar surface area (TPSA) is 268 Å². The van der Waals surface area contributed by atoms with Crippen molar-refractivity contribution in [2.24, 2.45) is 20.5 Å². The van der Waals surface area contributed by atoms with E-state index in [2.05, 4.69) is 30.8 Å². The van der Waals surface area contributed by atoms with Gasteiger partial charge in [0, 0.05) is 34.6 Å². The number of anilines is 1. The first-order valence-electron chi connectivity index (χ1n) is 15.4. The number of nitrogens with one attached hydrogen (secondary N) is 1. The van der Waals surface area contributed by atoms with Gasteiger partial charge in [-0.1, -0.05) is 49.6 Å². The van der Waals surface area contributed by atoms with Crippen LogP contribution in [0.1, 0.15) is 0 Å². The molecule has 4 unspecified atom stereocenters. The third kappa shape index (κ3) is 7.74. The van der Waals surface area contributed by atoms with E-state index in [1.54, 1.807) is 54.8 Å². The molecule has 7 N–H and O–H groups in total. The number of phenols is 1. The number of aromatic hydroxyl groups is 1. The second-order valence-corrected chi connectivity index (χ2v) is 15.3. The SMILES string of the molecule is CS1(c2cc3ccc(NCC(O)C(O)C(O)C(O)CO)cc3c(O)c2N=Nc2ccc(N=Nc3ccccc3)c3ccc(S(=O)(=O)[O-])cc23)OOO1. The zero-order valence-electron chi connectivity index (χ0n) is 27.0. The fraction of sp³-hybridized carbons (Fsp3) is 0.212. The molecule has 52 heavy (non-hydrogen) atoms. The maximum Gasteiger partial charge on any atom is 0.152 e. The van der Waals surface area contributed by atoms with E-state index in [1.807, 2.05) is 6.07 Å². The molecule has 6 rings (SSSR count). The Bertz CT molecular complexity index is 2270. The second kappa shape index (κ2) is 15.1. The molecule has 1 aliphatic rings. The third-order valence-electron chi connectivity index (χ3n) is 8.13. The normalized spacial score (nSPS) is 17.6. The number of fused-ring (bicyclic) bond motifs is 2. The Morgan fingerprint density at radius 1 is 0.788 bits per heavy atom. The lowest BCUT2D eigenvalue weighted by molar-refractivity contribution is -0.470. The summed E-state index contributed by atoms with van der Waals surface area (Å²) in [5.41, 5.74) is 1.33. The van der Waals surface area contributed by atoms with Gasteiger partial charge in [-0.3, -0.25) is 0 Å².